The van der Waals surface area contributed by atoms with Crippen molar-refractivity contribution in [1.82, 2.24) is 0 Å². The number of hydrogen-bond donors (Lipinski definition) is 1. The summed E-state index contributed by atoms with van der Waals surface area (Å²) in [5.74, 6) is 0.211. The summed E-state index contributed by atoms with van der Waals surface area (Å²) in [6.45, 7) is 7.05. The highest BCUT2D eigenvalue weighted by atomic mass is 35.5. The van der Waals surface area contributed by atoms with Gasteiger partial charge >= 0.3 is 0 Å². The summed E-state index contributed by atoms with van der Waals surface area (Å²) in [6.07, 6.45) is -0.0547. The maximum atomic E-state index is 11.7. The smallest absolute Gasteiger partial charge is 0.256 e. The average Bonchev–Trinajstić information content (AvgIpc) is 2.45. The molecule has 1 aromatic rings. The first-order valence-electron chi connectivity index (χ1n) is 7.35. The Hall–Kier alpha value is -1.15. The molecule has 0 amide bonds. The minimum atomic E-state index is -2.22. The van der Waals surface area contributed by atoms with E-state index in [1.54, 1.807) is 6.92 Å². The van der Waals surface area contributed by atoms with Crippen LogP contribution in [0.2, 0.25) is 0 Å². The lowest BCUT2D eigenvalue weighted by Crippen LogP contribution is -2.45. The Labute approximate surface area is 143 Å². The van der Waals surface area contributed by atoms with Crippen molar-refractivity contribution in [3.05, 3.63) is 17.7 Å². The van der Waals surface area contributed by atoms with Crippen LogP contribution in [0.15, 0.2) is 17.0 Å². The van der Waals surface area contributed by atoms with E-state index in [4.69, 9.17) is 21.1 Å². The van der Waals surface area contributed by atoms with Crippen LogP contribution in [0.25, 0.3) is 0 Å². The molecule has 8 heteroatoms. The zero-order valence-corrected chi connectivity index (χ0v) is 14.8. The quantitative estimate of drug-likeness (QED) is 0.642. The Kier molecular flexibility index (Phi) is 6.02. The summed E-state index contributed by atoms with van der Waals surface area (Å²) in [7, 11) is 0. The largest absolute Gasteiger partial charge is 0.493 e. The van der Waals surface area contributed by atoms with Crippen LogP contribution in [0.4, 0.5) is 5.69 Å². The average molecular weight is 362 g/mol. The summed E-state index contributed by atoms with van der Waals surface area (Å²) < 4.78 is 32.4. The summed E-state index contributed by atoms with van der Waals surface area (Å²) >= 11 is 3.43. The third-order valence-corrected chi connectivity index (χ3v) is 4.43. The molecular weight excluding hydrogens is 342 g/mol. The van der Waals surface area contributed by atoms with Gasteiger partial charge in [-0.25, -0.2) is 4.21 Å². The number of hydrogen-bond acceptors (Lipinski definition) is 5. The lowest BCUT2D eigenvalue weighted by atomic mass is 10.1. The van der Waals surface area contributed by atoms with Crippen LogP contribution in [0, 0.1) is 0 Å². The third-order valence-electron chi connectivity index (χ3n) is 3.52. The molecule has 0 radical (unpaired) electrons. The van der Waals surface area contributed by atoms with Crippen LogP contribution in [0.1, 0.15) is 31.1 Å². The summed E-state index contributed by atoms with van der Waals surface area (Å²) in [4.78, 5) is 13.8. The topological polar surface area (TPSA) is 76.1 Å². The highest BCUT2D eigenvalue weighted by Gasteiger charge is 2.27. The Balaban J connectivity index is 2.54. The molecule has 0 aromatic heterocycles. The van der Waals surface area contributed by atoms with Crippen molar-refractivity contribution >= 4 is 33.6 Å². The number of carbonyl (C=O) groups excluding carboxylic acids is 1. The van der Waals surface area contributed by atoms with E-state index in [1.165, 1.54) is 12.1 Å². The van der Waals surface area contributed by atoms with Gasteiger partial charge in [0.1, 0.15) is 5.75 Å². The SMILES string of the molecule is CCOc1cc(S(=O)O)c(N2CC(C)OC(C)C2)cc1C(=O)Cl. The molecule has 1 aromatic carbocycles. The van der Waals surface area contributed by atoms with Crippen molar-refractivity contribution in [3.8, 4) is 5.75 Å². The third kappa shape index (κ3) is 4.23. The molecule has 1 saturated heterocycles. The molecule has 0 spiro atoms. The molecule has 2 rings (SSSR count). The van der Waals surface area contributed by atoms with Gasteiger partial charge in [0.15, 0.2) is 11.1 Å². The molecule has 23 heavy (non-hydrogen) atoms. The van der Waals surface area contributed by atoms with E-state index in [1.807, 2.05) is 18.7 Å². The van der Waals surface area contributed by atoms with E-state index >= 15 is 0 Å². The van der Waals surface area contributed by atoms with E-state index in [0.29, 0.717) is 25.4 Å². The van der Waals surface area contributed by atoms with Gasteiger partial charge in [-0.1, -0.05) is 0 Å². The molecule has 1 heterocycles. The second kappa shape index (κ2) is 7.61. The molecule has 1 N–H and O–H groups in total. The number of anilines is 1. The number of morpholine rings is 1. The Morgan fingerprint density at radius 3 is 2.52 bits per heavy atom. The highest BCUT2D eigenvalue weighted by molar-refractivity contribution is 7.79. The van der Waals surface area contributed by atoms with Crippen molar-refractivity contribution in [2.75, 3.05) is 24.6 Å². The molecule has 0 aliphatic carbocycles. The first-order chi connectivity index (χ1) is 10.8. The lowest BCUT2D eigenvalue weighted by Gasteiger charge is -2.37. The summed E-state index contributed by atoms with van der Waals surface area (Å²) in [5.41, 5.74) is 0.685. The maximum Gasteiger partial charge on any atom is 0.256 e. The van der Waals surface area contributed by atoms with Gasteiger partial charge in [0, 0.05) is 19.2 Å². The van der Waals surface area contributed by atoms with E-state index in [2.05, 4.69) is 0 Å². The molecule has 3 atom stereocenters. The van der Waals surface area contributed by atoms with Gasteiger partial charge in [-0.15, -0.1) is 0 Å². The van der Waals surface area contributed by atoms with Crippen molar-refractivity contribution in [3.63, 3.8) is 0 Å². The minimum absolute atomic E-state index is 0.0274. The van der Waals surface area contributed by atoms with Crippen molar-refractivity contribution in [2.45, 2.75) is 37.9 Å². The van der Waals surface area contributed by atoms with E-state index in [0.717, 1.165) is 0 Å². The first-order valence-corrected chi connectivity index (χ1v) is 8.83. The zero-order valence-electron chi connectivity index (χ0n) is 13.2. The predicted octanol–water partition coefficient (Wildman–Crippen LogP) is 2.66. The van der Waals surface area contributed by atoms with Gasteiger partial charge in [-0.3, -0.25) is 4.79 Å². The highest BCUT2D eigenvalue weighted by Crippen LogP contribution is 2.34. The molecule has 0 saturated carbocycles. The van der Waals surface area contributed by atoms with Gasteiger partial charge < -0.3 is 18.9 Å². The minimum Gasteiger partial charge on any atom is -0.493 e. The van der Waals surface area contributed by atoms with Crippen LogP contribution < -0.4 is 9.64 Å². The van der Waals surface area contributed by atoms with Crippen molar-refractivity contribution in [2.24, 2.45) is 0 Å². The van der Waals surface area contributed by atoms with Crippen LogP contribution in [-0.2, 0) is 15.8 Å². The van der Waals surface area contributed by atoms with Crippen molar-refractivity contribution in [1.29, 1.82) is 0 Å². The monoisotopic (exact) mass is 361 g/mol. The first kappa shape index (κ1) is 18.2. The maximum absolute atomic E-state index is 11.7. The van der Waals surface area contributed by atoms with Gasteiger partial charge in [0.2, 0.25) is 0 Å². The van der Waals surface area contributed by atoms with Crippen molar-refractivity contribution < 1.29 is 23.0 Å². The zero-order chi connectivity index (χ0) is 17.1. The number of carbonyl (C=O) groups is 1. The number of nitrogens with zero attached hydrogens (tertiary/aromatic N) is 1. The molecule has 1 aliphatic rings. The van der Waals surface area contributed by atoms with Crippen LogP contribution in [0.5, 0.6) is 5.75 Å². The second-order valence-corrected chi connectivity index (χ2v) is 6.72. The number of benzene rings is 1. The van der Waals surface area contributed by atoms with Crippen LogP contribution in [-0.4, -0.2) is 45.9 Å². The van der Waals surface area contributed by atoms with E-state index in [9.17, 15) is 13.6 Å². The number of ether oxygens (including phenoxy) is 2. The summed E-state index contributed by atoms with van der Waals surface area (Å²) in [6, 6.07) is 2.93. The van der Waals surface area contributed by atoms with Crippen LogP contribution in [0.3, 0.4) is 0 Å². The molecule has 0 bridgehead atoms. The number of rotatable bonds is 5. The van der Waals surface area contributed by atoms with Crippen LogP contribution >= 0.6 is 11.6 Å². The fourth-order valence-corrected chi connectivity index (χ4v) is 3.46. The van der Waals surface area contributed by atoms with Gasteiger partial charge in [0.25, 0.3) is 5.24 Å². The molecule has 6 nitrogen and oxygen atoms in total. The van der Waals surface area contributed by atoms with Gasteiger partial charge in [-0.2, -0.15) is 0 Å². The van der Waals surface area contributed by atoms with E-state index < -0.39 is 16.3 Å². The fraction of sp³-hybridized carbons (Fsp3) is 0.533. The molecule has 128 valence electrons. The standard InChI is InChI=1S/C15H20ClNO5S/c1-4-21-13-6-14(23(19)20)12(5-11(13)15(16)18)17-7-9(2)22-10(3)8-17/h5-6,9-10H,4,7-8H2,1-3H3,(H,19,20). The van der Waals surface area contributed by atoms with E-state index in [-0.39, 0.29) is 28.4 Å². The predicted molar refractivity (Wildman–Crippen MR) is 89.1 cm³/mol. The molecular formula is C15H20ClNO5S. The lowest BCUT2D eigenvalue weighted by molar-refractivity contribution is -0.00537. The molecule has 3 unspecified atom stereocenters. The van der Waals surface area contributed by atoms with Gasteiger partial charge in [0.05, 0.1) is 35.0 Å². The molecule has 1 fully saturated rings. The normalized spacial score (nSPS) is 22.7. The molecule has 1 aliphatic heterocycles. The second-order valence-electron chi connectivity index (χ2n) is 5.43. The Bertz CT molecular complexity index is 614. The summed E-state index contributed by atoms with van der Waals surface area (Å²) in [5, 5.41) is -0.667. The Morgan fingerprint density at radius 2 is 2.04 bits per heavy atom. The van der Waals surface area contributed by atoms with Gasteiger partial charge in [-0.05, 0) is 38.4 Å². The number of halogens is 1. The fourth-order valence-electron chi connectivity index (χ4n) is 2.74. The Morgan fingerprint density at radius 1 is 1.43 bits per heavy atom.